The Kier molecular flexibility index (Phi) is 4.95. The first-order valence-corrected chi connectivity index (χ1v) is 7.11. The normalized spacial score (nSPS) is 24.6. The van der Waals surface area contributed by atoms with Gasteiger partial charge in [-0.3, -0.25) is 0 Å². The Hall–Kier alpha value is -1.62. The summed E-state index contributed by atoms with van der Waals surface area (Å²) in [4.78, 5) is 22.8. The second kappa shape index (κ2) is 6.70. The third-order valence-electron chi connectivity index (χ3n) is 3.83. The van der Waals surface area contributed by atoms with Crippen LogP contribution in [-0.4, -0.2) is 34.9 Å². The molecule has 0 aromatic heterocycles. The molecule has 1 heterocycles. The number of carbonyl (C=O) groups is 2. The lowest BCUT2D eigenvalue weighted by atomic mass is 9.90. The van der Waals surface area contributed by atoms with Crippen LogP contribution in [0.1, 0.15) is 44.9 Å². The molecule has 110 valence electrons. The van der Waals surface area contributed by atoms with Crippen molar-refractivity contribution in [3.05, 3.63) is 22.8 Å². The molecule has 1 aliphatic carbocycles. The zero-order valence-corrected chi connectivity index (χ0v) is 11.4. The minimum Gasteiger partial charge on any atom is -0.479 e. The number of rotatable bonds is 3. The van der Waals surface area contributed by atoms with Crippen molar-refractivity contribution in [3.8, 4) is 0 Å². The molecule has 2 rings (SSSR count). The van der Waals surface area contributed by atoms with Crippen LogP contribution in [0.4, 0.5) is 0 Å². The van der Waals surface area contributed by atoms with E-state index in [1.807, 2.05) is 0 Å². The lowest BCUT2D eigenvalue weighted by Gasteiger charge is -2.16. The highest BCUT2D eigenvalue weighted by molar-refractivity contribution is 5.97. The van der Waals surface area contributed by atoms with Crippen molar-refractivity contribution in [1.29, 1.82) is 0 Å². The molecular weight excluding hydrogens is 260 g/mol. The lowest BCUT2D eigenvalue weighted by Crippen LogP contribution is -2.30. The number of aliphatic carboxylic acids is 2. The van der Waals surface area contributed by atoms with E-state index in [-0.39, 0.29) is 12.2 Å². The van der Waals surface area contributed by atoms with Crippen molar-refractivity contribution in [3.63, 3.8) is 0 Å². The van der Waals surface area contributed by atoms with Crippen molar-refractivity contribution in [1.82, 2.24) is 0 Å². The topological polar surface area (TPSA) is 83.8 Å². The molecular formula is C15H20O5. The first-order valence-electron chi connectivity index (χ1n) is 7.11. The van der Waals surface area contributed by atoms with Gasteiger partial charge in [0.05, 0.1) is 5.57 Å². The van der Waals surface area contributed by atoms with Crippen LogP contribution in [0.3, 0.4) is 0 Å². The van der Waals surface area contributed by atoms with E-state index < -0.39 is 18.0 Å². The fourth-order valence-corrected chi connectivity index (χ4v) is 2.88. The second-order valence-corrected chi connectivity index (χ2v) is 5.22. The lowest BCUT2D eigenvalue weighted by molar-refractivity contribution is -0.150. The van der Waals surface area contributed by atoms with Gasteiger partial charge in [-0.25, -0.2) is 9.59 Å². The van der Waals surface area contributed by atoms with Gasteiger partial charge >= 0.3 is 11.9 Å². The van der Waals surface area contributed by atoms with Gasteiger partial charge in [0.25, 0.3) is 0 Å². The van der Waals surface area contributed by atoms with E-state index in [9.17, 15) is 19.8 Å². The number of ether oxygens (including phenoxy) is 1. The third-order valence-corrected chi connectivity index (χ3v) is 3.83. The standard InChI is InChI=1S/C15H20O5/c16-14(17)12-11(10-6-3-1-2-4-7-10)8-5-9-20-13(12)15(18)19/h6,13H,1-5,7-9H2,(H,16,17)(H,18,19). The first-order chi connectivity index (χ1) is 9.61. The zero-order valence-electron chi connectivity index (χ0n) is 11.4. The number of hydrogen-bond donors (Lipinski definition) is 2. The summed E-state index contributed by atoms with van der Waals surface area (Å²) in [5.74, 6) is -2.41. The molecule has 0 aromatic rings. The quantitative estimate of drug-likeness (QED) is 0.830. The minimum atomic E-state index is -1.35. The molecule has 0 fully saturated rings. The highest BCUT2D eigenvalue weighted by atomic mass is 16.5. The van der Waals surface area contributed by atoms with E-state index in [1.54, 1.807) is 0 Å². The molecule has 0 saturated heterocycles. The van der Waals surface area contributed by atoms with E-state index in [2.05, 4.69) is 6.08 Å². The molecule has 0 radical (unpaired) electrons. The van der Waals surface area contributed by atoms with Gasteiger partial charge in [0, 0.05) is 6.61 Å². The highest BCUT2D eigenvalue weighted by Gasteiger charge is 2.33. The monoisotopic (exact) mass is 280 g/mol. The summed E-state index contributed by atoms with van der Waals surface area (Å²) >= 11 is 0. The number of allylic oxidation sites excluding steroid dienone is 3. The Balaban J connectivity index is 2.45. The van der Waals surface area contributed by atoms with Gasteiger partial charge < -0.3 is 14.9 Å². The summed E-state index contributed by atoms with van der Waals surface area (Å²) in [6.45, 7) is 0.282. The zero-order chi connectivity index (χ0) is 14.5. The van der Waals surface area contributed by atoms with Gasteiger partial charge in [-0.15, -0.1) is 0 Å². The average molecular weight is 280 g/mol. The SMILES string of the molecule is O=C(O)C1=C(C2=CCCCCC2)CCCOC1C(=O)O. The van der Waals surface area contributed by atoms with Crippen molar-refractivity contribution in [2.45, 2.75) is 51.0 Å². The fourth-order valence-electron chi connectivity index (χ4n) is 2.88. The Labute approximate surface area is 117 Å². The van der Waals surface area contributed by atoms with E-state index in [4.69, 9.17) is 4.74 Å². The van der Waals surface area contributed by atoms with E-state index in [0.717, 1.165) is 37.7 Å². The average Bonchev–Trinajstić information content (AvgIpc) is 2.78. The van der Waals surface area contributed by atoms with Crippen LogP contribution in [-0.2, 0) is 14.3 Å². The Bertz CT molecular complexity index is 461. The Morgan fingerprint density at radius 2 is 1.90 bits per heavy atom. The molecule has 0 bridgehead atoms. The summed E-state index contributed by atoms with van der Waals surface area (Å²) in [7, 11) is 0. The van der Waals surface area contributed by atoms with E-state index >= 15 is 0 Å². The van der Waals surface area contributed by atoms with Crippen molar-refractivity contribution >= 4 is 11.9 Å². The van der Waals surface area contributed by atoms with Crippen LogP contribution in [0.25, 0.3) is 0 Å². The predicted molar refractivity (Wildman–Crippen MR) is 72.4 cm³/mol. The van der Waals surface area contributed by atoms with E-state index in [0.29, 0.717) is 18.4 Å². The molecule has 1 atom stereocenters. The van der Waals surface area contributed by atoms with Gasteiger partial charge in [-0.1, -0.05) is 12.5 Å². The summed E-state index contributed by atoms with van der Waals surface area (Å²) in [5.41, 5.74) is 1.61. The van der Waals surface area contributed by atoms with Gasteiger partial charge in [-0.05, 0) is 49.7 Å². The number of hydrogen-bond acceptors (Lipinski definition) is 3. The van der Waals surface area contributed by atoms with Crippen LogP contribution >= 0.6 is 0 Å². The van der Waals surface area contributed by atoms with Crippen molar-refractivity contribution < 1.29 is 24.5 Å². The summed E-state index contributed by atoms with van der Waals surface area (Å²) in [5, 5.41) is 18.6. The second-order valence-electron chi connectivity index (χ2n) is 5.22. The highest BCUT2D eigenvalue weighted by Crippen LogP contribution is 2.32. The Morgan fingerprint density at radius 3 is 2.60 bits per heavy atom. The van der Waals surface area contributed by atoms with Crippen LogP contribution in [0.5, 0.6) is 0 Å². The third kappa shape index (κ3) is 3.28. The van der Waals surface area contributed by atoms with Gasteiger partial charge in [0.2, 0.25) is 0 Å². The maximum atomic E-state index is 11.5. The number of carboxylic acid groups (broad SMARTS) is 2. The summed E-state index contributed by atoms with van der Waals surface area (Å²) in [6, 6.07) is 0. The molecule has 0 saturated carbocycles. The van der Waals surface area contributed by atoms with Crippen molar-refractivity contribution in [2.24, 2.45) is 0 Å². The Morgan fingerprint density at radius 1 is 1.10 bits per heavy atom. The number of carboxylic acids is 2. The molecule has 5 nitrogen and oxygen atoms in total. The van der Waals surface area contributed by atoms with Crippen LogP contribution in [0, 0.1) is 0 Å². The molecule has 5 heteroatoms. The van der Waals surface area contributed by atoms with E-state index in [1.165, 1.54) is 0 Å². The maximum Gasteiger partial charge on any atom is 0.337 e. The molecule has 1 aliphatic heterocycles. The maximum absolute atomic E-state index is 11.5. The molecule has 2 aliphatic rings. The van der Waals surface area contributed by atoms with Crippen LogP contribution in [0.15, 0.2) is 22.8 Å². The minimum absolute atomic E-state index is 0.0804. The van der Waals surface area contributed by atoms with Crippen LogP contribution < -0.4 is 0 Å². The van der Waals surface area contributed by atoms with Crippen molar-refractivity contribution in [2.75, 3.05) is 6.61 Å². The predicted octanol–water partition coefficient (Wildman–Crippen LogP) is 2.52. The molecule has 1 unspecified atom stereocenters. The molecule has 2 N–H and O–H groups in total. The summed E-state index contributed by atoms with van der Waals surface area (Å²) < 4.78 is 5.23. The molecule has 0 amide bonds. The first kappa shape index (κ1) is 14.8. The van der Waals surface area contributed by atoms with Gasteiger partial charge in [-0.2, -0.15) is 0 Å². The summed E-state index contributed by atoms with van der Waals surface area (Å²) in [6.07, 6.45) is 7.00. The van der Waals surface area contributed by atoms with Gasteiger partial charge in [0.1, 0.15) is 0 Å². The molecule has 0 aromatic carbocycles. The van der Waals surface area contributed by atoms with Gasteiger partial charge in [0.15, 0.2) is 6.10 Å². The molecule has 0 spiro atoms. The fraction of sp³-hybridized carbons (Fsp3) is 0.600. The molecule has 20 heavy (non-hydrogen) atoms. The smallest absolute Gasteiger partial charge is 0.337 e. The van der Waals surface area contributed by atoms with Crippen LogP contribution in [0.2, 0.25) is 0 Å². The largest absolute Gasteiger partial charge is 0.479 e.